The van der Waals surface area contributed by atoms with Gasteiger partial charge in [0.1, 0.15) is 0 Å². The molecule has 0 saturated carbocycles. The van der Waals surface area contributed by atoms with Gasteiger partial charge < -0.3 is 5.32 Å². The smallest absolute Gasteiger partial charge is 0.275 e. The highest BCUT2D eigenvalue weighted by atomic mass is 32.1. The van der Waals surface area contributed by atoms with Crippen molar-refractivity contribution < 1.29 is 4.79 Å². The standard InChI is InChI=1S/C15H23NOS/c1-11(2)12(3)14(10-16-15(17)18)9-13-7-5-4-6-8-13/h4-8,11-12,14H,9-10H2,1-3H3,(H2,16,17,18). The zero-order chi connectivity index (χ0) is 13.5. The molecule has 1 aromatic carbocycles. The normalized spacial score (nSPS) is 14.3. The molecule has 2 atom stereocenters. The number of hydrogen-bond acceptors (Lipinski definition) is 1. The summed E-state index contributed by atoms with van der Waals surface area (Å²) in [7, 11) is 0. The zero-order valence-electron chi connectivity index (χ0n) is 11.4. The van der Waals surface area contributed by atoms with Gasteiger partial charge in [-0.3, -0.25) is 4.79 Å². The lowest BCUT2D eigenvalue weighted by Gasteiger charge is -2.27. The molecule has 0 aliphatic carbocycles. The summed E-state index contributed by atoms with van der Waals surface area (Å²) in [6.07, 6.45) is 0.994. The molecule has 1 aromatic rings. The number of carbonyl (C=O) groups is 1. The molecule has 18 heavy (non-hydrogen) atoms. The van der Waals surface area contributed by atoms with Gasteiger partial charge in [-0.05, 0) is 29.7 Å². The average Bonchev–Trinajstić information content (AvgIpc) is 2.34. The second-order valence-electron chi connectivity index (χ2n) is 5.24. The molecule has 0 heterocycles. The molecule has 100 valence electrons. The highest BCUT2D eigenvalue weighted by Crippen LogP contribution is 2.23. The van der Waals surface area contributed by atoms with Gasteiger partial charge in [0.05, 0.1) is 0 Å². The molecule has 0 bridgehead atoms. The lowest BCUT2D eigenvalue weighted by Crippen LogP contribution is -2.32. The molecule has 1 N–H and O–H groups in total. The summed E-state index contributed by atoms with van der Waals surface area (Å²) in [5, 5.41) is 2.58. The van der Waals surface area contributed by atoms with E-state index < -0.39 is 0 Å². The third-order valence-electron chi connectivity index (χ3n) is 3.65. The third kappa shape index (κ3) is 5.13. The van der Waals surface area contributed by atoms with Crippen molar-refractivity contribution in [3.63, 3.8) is 0 Å². The summed E-state index contributed by atoms with van der Waals surface area (Å²) < 4.78 is 0. The summed E-state index contributed by atoms with van der Waals surface area (Å²) in [6.45, 7) is 7.40. The van der Waals surface area contributed by atoms with E-state index in [1.807, 2.05) is 6.07 Å². The Hall–Kier alpha value is -0.960. The van der Waals surface area contributed by atoms with Gasteiger partial charge in [-0.25, -0.2) is 0 Å². The van der Waals surface area contributed by atoms with E-state index in [0.717, 1.165) is 6.42 Å². The number of thiol groups is 1. The lowest BCUT2D eigenvalue weighted by molar-refractivity contribution is 0.245. The van der Waals surface area contributed by atoms with Crippen LogP contribution in [-0.2, 0) is 6.42 Å². The van der Waals surface area contributed by atoms with Crippen LogP contribution in [0.3, 0.4) is 0 Å². The van der Waals surface area contributed by atoms with Crippen molar-refractivity contribution in [3.05, 3.63) is 35.9 Å². The van der Waals surface area contributed by atoms with E-state index in [-0.39, 0.29) is 5.24 Å². The van der Waals surface area contributed by atoms with Crippen LogP contribution >= 0.6 is 12.6 Å². The predicted molar refractivity (Wildman–Crippen MR) is 80.0 cm³/mol. The minimum Gasteiger partial charge on any atom is -0.347 e. The number of rotatable bonds is 6. The molecule has 1 rings (SSSR count). The number of amides is 1. The molecular weight excluding hydrogens is 242 g/mol. The van der Waals surface area contributed by atoms with Crippen molar-refractivity contribution in [1.29, 1.82) is 0 Å². The average molecular weight is 265 g/mol. The molecule has 0 spiro atoms. The fourth-order valence-corrected chi connectivity index (χ4v) is 2.21. The maximum absolute atomic E-state index is 10.9. The fraction of sp³-hybridized carbons (Fsp3) is 0.533. The summed E-state index contributed by atoms with van der Waals surface area (Å²) in [5.41, 5.74) is 1.32. The first-order valence-electron chi connectivity index (χ1n) is 6.51. The first kappa shape index (κ1) is 15.1. The number of nitrogens with one attached hydrogen (secondary N) is 1. The number of benzene rings is 1. The summed E-state index contributed by atoms with van der Waals surface area (Å²) in [5.74, 6) is 1.62. The van der Waals surface area contributed by atoms with Crippen molar-refractivity contribution in [1.82, 2.24) is 5.32 Å². The van der Waals surface area contributed by atoms with Crippen LogP contribution in [0.15, 0.2) is 30.3 Å². The van der Waals surface area contributed by atoms with Crippen molar-refractivity contribution >= 4 is 17.9 Å². The van der Waals surface area contributed by atoms with Crippen LogP contribution in [0.25, 0.3) is 0 Å². The Kier molecular flexibility index (Phi) is 6.27. The molecule has 0 radical (unpaired) electrons. The SMILES string of the molecule is CC(C)C(C)C(CNC(=O)S)Cc1ccccc1. The van der Waals surface area contributed by atoms with Gasteiger partial charge in [0.2, 0.25) is 0 Å². The molecule has 0 aliphatic heterocycles. The summed E-state index contributed by atoms with van der Waals surface area (Å²) in [4.78, 5) is 10.9. The highest BCUT2D eigenvalue weighted by molar-refractivity contribution is 7.96. The molecule has 1 amide bonds. The Morgan fingerprint density at radius 2 is 1.83 bits per heavy atom. The maximum Gasteiger partial charge on any atom is 0.275 e. The van der Waals surface area contributed by atoms with Gasteiger partial charge in [0.15, 0.2) is 0 Å². The molecular formula is C15H23NOS. The van der Waals surface area contributed by atoms with E-state index in [1.54, 1.807) is 0 Å². The first-order chi connectivity index (χ1) is 8.50. The molecule has 2 nitrogen and oxygen atoms in total. The minimum atomic E-state index is -0.246. The van der Waals surface area contributed by atoms with Crippen molar-refractivity contribution in [2.75, 3.05) is 6.54 Å². The van der Waals surface area contributed by atoms with Crippen molar-refractivity contribution in [2.45, 2.75) is 27.2 Å². The highest BCUT2D eigenvalue weighted by Gasteiger charge is 2.20. The van der Waals surface area contributed by atoms with Crippen molar-refractivity contribution in [2.24, 2.45) is 17.8 Å². The van der Waals surface area contributed by atoms with Gasteiger partial charge in [-0.15, -0.1) is 0 Å². The van der Waals surface area contributed by atoms with Crippen LogP contribution < -0.4 is 5.32 Å². The zero-order valence-corrected chi connectivity index (χ0v) is 12.3. The van der Waals surface area contributed by atoms with E-state index in [9.17, 15) is 4.79 Å². The van der Waals surface area contributed by atoms with Gasteiger partial charge in [-0.1, -0.05) is 63.7 Å². The van der Waals surface area contributed by atoms with Crippen LogP contribution in [-0.4, -0.2) is 11.8 Å². The van der Waals surface area contributed by atoms with Gasteiger partial charge in [0.25, 0.3) is 5.24 Å². The van der Waals surface area contributed by atoms with E-state index in [4.69, 9.17) is 0 Å². The second kappa shape index (κ2) is 7.47. The Bertz CT molecular complexity index is 364. The molecule has 0 fully saturated rings. The van der Waals surface area contributed by atoms with Crippen LogP contribution in [0.1, 0.15) is 26.3 Å². The Balaban J connectivity index is 2.68. The van der Waals surface area contributed by atoms with Crippen LogP contribution in [0.2, 0.25) is 0 Å². The lowest BCUT2D eigenvalue weighted by atomic mass is 9.81. The van der Waals surface area contributed by atoms with E-state index in [1.165, 1.54) is 5.56 Å². The molecule has 2 unspecified atom stereocenters. The number of carbonyl (C=O) groups excluding carboxylic acids is 1. The third-order valence-corrected chi connectivity index (χ3v) is 3.81. The van der Waals surface area contributed by atoms with Crippen LogP contribution in [0, 0.1) is 17.8 Å². The topological polar surface area (TPSA) is 29.1 Å². The monoisotopic (exact) mass is 265 g/mol. The van der Waals surface area contributed by atoms with Crippen LogP contribution in [0.5, 0.6) is 0 Å². The first-order valence-corrected chi connectivity index (χ1v) is 6.96. The Labute approximate surface area is 116 Å². The predicted octanol–water partition coefficient (Wildman–Crippen LogP) is 3.78. The second-order valence-corrected chi connectivity index (χ2v) is 5.65. The minimum absolute atomic E-state index is 0.246. The Morgan fingerprint density at radius 1 is 1.22 bits per heavy atom. The van der Waals surface area contributed by atoms with Gasteiger partial charge in [-0.2, -0.15) is 0 Å². The molecule has 0 aliphatic rings. The van der Waals surface area contributed by atoms with Gasteiger partial charge >= 0.3 is 0 Å². The van der Waals surface area contributed by atoms with Gasteiger partial charge in [0, 0.05) is 6.54 Å². The van der Waals surface area contributed by atoms with E-state index >= 15 is 0 Å². The van der Waals surface area contributed by atoms with Crippen molar-refractivity contribution in [3.8, 4) is 0 Å². The van der Waals surface area contributed by atoms with E-state index in [2.05, 4.69) is 63.0 Å². The summed E-state index contributed by atoms with van der Waals surface area (Å²) >= 11 is 3.77. The fourth-order valence-electron chi connectivity index (χ4n) is 2.12. The quantitative estimate of drug-likeness (QED) is 0.753. The molecule has 0 aromatic heterocycles. The molecule has 0 saturated heterocycles. The largest absolute Gasteiger partial charge is 0.347 e. The maximum atomic E-state index is 10.9. The molecule has 3 heteroatoms. The van der Waals surface area contributed by atoms with Crippen LogP contribution in [0.4, 0.5) is 4.79 Å². The Morgan fingerprint density at radius 3 is 2.33 bits per heavy atom. The summed E-state index contributed by atoms with van der Waals surface area (Å²) in [6, 6.07) is 10.4. The number of hydrogen-bond donors (Lipinski definition) is 2. The van der Waals surface area contributed by atoms with E-state index in [0.29, 0.717) is 24.3 Å².